The molecule has 1 amide bonds. The van der Waals surface area contributed by atoms with Crippen molar-refractivity contribution < 1.29 is 4.79 Å². The summed E-state index contributed by atoms with van der Waals surface area (Å²) in [6.07, 6.45) is 3.86. The number of thioether (sulfide) groups is 1. The number of hydrogen-bond acceptors (Lipinski definition) is 4. The predicted octanol–water partition coefficient (Wildman–Crippen LogP) is 2.38. The molecule has 1 aliphatic rings. The molecule has 6 nitrogen and oxygen atoms in total. The van der Waals surface area contributed by atoms with Gasteiger partial charge in [0.15, 0.2) is 0 Å². The van der Waals surface area contributed by atoms with Gasteiger partial charge in [-0.2, -0.15) is 22.0 Å². The monoisotopic (exact) mass is 347 g/mol. The van der Waals surface area contributed by atoms with Crippen LogP contribution in [0.2, 0.25) is 0 Å². The number of aromatic nitrogens is 4. The first-order valence-electron chi connectivity index (χ1n) is 8.19. The van der Waals surface area contributed by atoms with Crippen LogP contribution < -0.4 is 0 Å². The van der Waals surface area contributed by atoms with E-state index in [2.05, 4.69) is 31.0 Å². The molecule has 0 aromatic carbocycles. The highest BCUT2D eigenvalue weighted by atomic mass is 32.2. The number of aryl methyl sites for hydroxylation is 2. The fourth-order valence-electron chi connectivity index (χ4n) is 2.92. The number of carbonyl (C=O) groups excluding carboxylic acids is 1. The van der Waals surface area contributed by atoms with Crippen molar-refractivity contribution in [1.82, 2.24) is 24.5 Å². The van der Waals surface area contributed by atoms with E-state index in [-0.39, 0.29) is 17.4 Å². The summed E-state index contributed by atoms with van der Waals surface area (Å²) in [5, 5.41) is 8.81. The third-order valence-electron chi connectivity index (χ3n) is 4.37. The van der Waals surface area contributed by atoms with Gasteiger partial charge in [-0.25, -0.2) is 0 Å². The zero-order valence-electron chi connectivity index (χ0n) is 15.0. The maximum Gasteiger partial charge on any atom is 0.272 e. The molecule has 0 unspecified atom stereocenters. The van der Waals surface area contributed by atoms with Crippen LogP contribution in [0.25, 0.3) is 0 Å². The van der Waals surface area contributed by atoms with Gasteiger partial charge >= 0.3 is 0 Å². The van der Waals surface area contributed by atoms with E-state index in [4.69, 9.17) is 0 Å². The maximum atomic E-state index is 13.2. The Hall–Kier alpha value is -1.76. The van der Waals surface area contributed by atoms with Crippen molar-refractivity contribution in [3.05, 3.63) is 35.4 Å². The SMILES string of the molecule is Cn1cc([C@H]2CSCCN2C(=O)c2cc(C(C)(C)C)nn2C)cn1. The Kier molecular flexibility index (Phi) is 4.46. The molecule has 0 aliphatic carbocycles. The summed E-state index contributed by atoms with van der Waals surface area (Å²) in [5.41, 5.74) is 2.62. The Balaban J connectivity index is 1.91. The van der Waals surface area contributed by atoms with E-state index < -0.39 is 0 Å². The van der Waals surface area contributed by atoms with Crippen LogP contribution in [0, 0.1) is 0 Å². The molecule has 0 radical (unpaired) electrons. The molecule has 24 heavy (non-hydrogen) atoms. The Morgan fingerprint density at radius 1 is 1.33 bits per heavy atom. The lowest BCUT2D eigenvalue weighted by atomic mass is 9.92. The van der Waals surface area contributed by atoms with Gasteiger partial charge in [-0.05, 0) is 6.07 Å². The first-order chi connectivity index (χ1) is 11.3. The summed E-state index contributed by atoms with van der Waals surface area (Å²) in [6.45, 7) is 7.08. The second-order valence-electron chi connectivity index (χ2n) is 7.33. The maximum absolute atomic E-state index is 13.2. The van der Waals surface area contributed by atoms with Gasteiger partial charge in [-0.3, -0.25) is 14.2 Å². The summed E-state index contributed by atoms with van der Waals surface area (Å²) >= 11 is 1.88. The molecule has 0 N–H and O–H groups in total. The number of carbonyl (C=O) groups is 1. The molecule has 7 heteroatoms. The largest absolute Gasteiger partial charge is 0.328 e. The minimum absolute atomic E-state index is 0.0506. The molecule has 1 aliphatic heterocycles. The standard InChI is InChI=1S/C17H25N5OS/c1-17(2,3)15-8-13(21(5)19-15)16(23)22-6-7-24-11-14(22)12-9-18-20(4)10-12/h8-10,14H,6-7,11H2,1-5H3/t14-/m1/s1. The fraction of sp³-hybridized carbons (Fsp3) is 0.588. The van der Waals surface area contributed by atoms with Gasteiger partial charge < -0.3 is 4.90 Å². The lowest BCUT2D eigenvalue weighted by molar-refractivity contribution is 0.0690. The minimum Gasteiger partial charge on any atom is -0.328 e. The second-order valence-corrected chi connectivity index (χ2v) is 8.47. The highest BCUT2D eigenvalue weighted by molar-refractivity contribution is 7.99. The summed E-state index contributed by atoms with van der Waals surface area (Å²) in [5.74, 6) is 1.92. The highest BCUT2D eigenvalue weighted by Crippen LogP contribution is 2.31. The van der Waals surface area contributed by atoms with E-state index in [1.54, 1.807) is 9.36 Å². The molecular weight excluding hydrogens is 322 g/mol. The molecule has 2 aromatic heterocycles. The average Bonchev–Trinajstić information content (AvgIpc) is 3.12. The van der Waals surface area contributed by atoms with Gasteiger partial charge in [0.2, 0.25) is 0 Å². The van der Waals surface area contributed by atoms with Crippen LogP contribution in [0.1, 0.15) is 48.6 Å². The normalized spacial score (nSPS) is 18.9. The van der Waals surface area contributed by atoms with Gasteiger partial charge in [0, 0.05) is 49.3 Å². The van der Waals surface area contributed by atoms with E-state index in [9.17, 15) is 4.79 Å². The van der Waals surface area contributed by atoms with Gasteiger partial charge in [-0.15, -0.1) is 0 Å². The van der Waals surface area contributed by atoms with Crippen LogP contribution in [0.15, 0.2) is 18.5 Å². The molecule has 3 heterocycles. The van der Waals surface area contributed by atoms with E-state index in [1.807, 2.05) is 49.2 Å². The molecule has 1 atom stereocenters. The van der Waals surface area contributed by atoms with Gasteiger partial charge in [0.25, 0.3) is 5.91 Å². The van der Waals surface area contributed by atoms with Crippen LogP contribution in [0.5, 0.6) is 0 Å². The van der Waals surface area contributed by atoms with E-state index >= 15 is 0 Å². The highest BCUT2D eigenvalue weighted by Gasteiger charge is 2.32. The second kappa shape index (κ2) is 6.27. The van der Waals surface area contributed by atoms with Crippen molar-refractivity contribution in [2.45, 2.75) is 32.2 Å². The third-order valence-corrected chi connectivity index (χ3v) is 5.39. The van der Waals surface area contributed by atoms with Gasteiger partial charge in [0.1, 0.15) is 5.69 Å². The predicted molar refractivity (Wildman–Crippen MR) is 96.2 cm³/mol. The summed E-state index contributed by atoms with van der Waals surface area (Å²) in [6, 6.07) is 2.00. The average molecular weight is 347 g/mol. The zero-order chi connectivity index (χ0) is 17.5. The first-order valence-corrected chi connectivity index (χ1v) is 9.34. The Morgan fingerprint density at radius 3 is 2.67 bits per heavy atom. The summed E-state index contributed by atoms with van der Waals surface area (Å²) in [4.78, 5) is 15.1. The molecular formula is C17H25N5OS. The molecule has 130 valence electrons. The van der Waals surface area contributed by atoms with Crippen LogP contribution in [-0.4, -0.2) is 48.4 Å². The van der Waals surface area contributed by atoms with Gasteiger partial charge in [0.05, 0.1) is 17.9 Å². The summed E-state index contributed by atoms with van der Waals surface area (Å²) in [7, 11) is 3.75. The molecule has 1 saturated heterocycles. The van der Waals surface area contributed by atoms with Crippen LogP contribution in [0.3, 0.4) is 0 Å². The number of nitrogens with zero attached hydrogens (tertiary/aromatic N) is 5. The lowest BCUT2D eigenvalue weighted by Gasteiger charge is -2.34. The number of amides is 1. The lowest BCUT2D eigenvalue weighted by Crippen LogP contribution is -2.41. The zero-order valence-corrected chi connectivity index (χ0v) is 15.8. The Labute approximate surface area is 147 Å². The van der Waals surface area contributed by atoms with Crippen molar-refractivity contribution in [2.75, 3.05) is 18.1 Å². The van der Waals surface area contributed by atoms with Crippen LogP contribution in [0.4, 0.5) is 0 Å². The number of rotatable bonds is 2. The minimum atomic E-state index is -0.0726. The van der Waals surface area contributed by atoms with Crippen molar-refractivity contribution in [1.29, 1.82) is 0 Å². The van der Waals surface area contributed by atoms with Crippen molar-refractivity contribution in [2.24, 2.45) is 14.1 Å². The van der Waals surface area contributed by atoms with E-state index in [0.29, 0.717) is 5.69 Å². The third kappa shape index (κ3) is 3.22. The Morgan fingerprint density at radius 2 is 2.08 bits per heavy atom. The quantitative estimate of drug-likeness (QED) is 0.837. The molecule has 3 rings (SSSR count). The van der Waals surface area contributed by atoms with Crippen molar-refractivity contribution in [3.8, 4) is 0 Å². The molecule has 2 aromatic rings. The van der Waals surface area contributed by atoms with E-state index in [0.717, 1.165) is 29.3 Å². The smallest absolute Gasteiger partial charge is 0.272 e. The number of hydrogen-bond donors (Lipinski definition) is 0. The van der Waals surface area contributed by atoms with E-state index in [1.165, 1.54) is 0 Å². The summed E-state index contributed by atoms with van der Waals surface area (Å²) < 4.78 is 3.50. The molecule has 1 fully saturated rings. The van der Waals surface area contributed by atoms with Crippen molar-refractivity contribution >= 4 is 17.7 Å². The fourth-order valence-corrected chi connectivity index (χ4v) is 4.00. The van der Waals surface area contributed by atoms with Gasteiger partial charge in [-0.1, -0.05) is 20.8 Å². The molecule has 0 spiro atoms. The first kappa shape index (κ1) is 17.1. The molecule has 0 bridgehead atoms. The Bertz CT molecular complexity index is 742. The van der Waals surface area contributed by atoms with Crippen LogP contribution >= 0.6 is 11.8 Å². The van der Waals surface area contributed by atoms with Crippen molar-refractivity contribution in [3.63, 3.8) is 0 Å². The van der Waals surface area contributed by atoms with Crippen LogP contribution in [-0.2, 0) is 19.5 Å². The molecule has 0 saturated carbocycles. The topological polar surface area (TPSA) is 56.0 Å².